The summed E-state index contributed by atoms with van der Waals surface area (Å²) in [7, 11) is 0. The van der Waals surface area contributed by atoms with E-state index in [0.29, 0.717) is 39.1 Å². The van der Waals surface area contributed by atoms with Crippen LogP contribution in [0.2, 0.25) is 0 Å². The van der Waals surface area contributed by atoms with E-state index < -0.39 is 17.7 Å². The molecule has 2 aliphatic rings. The fraction of sp³-hybridized carbons (Fsp3) is 0.875. The van der Waals surface area contributed by atoms with Crippen molar-refractivity contribution in [2.24, 2.45) is 17.8 Å². The summed E-state index contributed by atoms with van der Waals surface area (Å²) >= 11 is 0. The van der Waals surface area contributed by atoms with Crippen LogP contribution in [-0.4, -0.2) is 60.6 Å². The molecular weight excluding hydrogens is 300 g/mol. The molecule has 2 heterocycles. The Labute approximate surface area is 137 Å². The van der Waals surface area contributed by atoms with Crippen molar-refractivity contribution in [1.82, 2.24) is 10.2 Å². The van der Waals surface area contributed by atoms with Crippen LogP contribution in [0, 0.1) is 17.8 Å². The molecule has 2 fully saturated rings. The van der Waals surface area contributed by atoms with Gasteiger partial charge in [-0.1, -0.05) is 13.8 Å². The van der Waals surface area contributed by atoms with Gasteiger partial charge in [0.1, 0.15) is 0 Å². The first-order valence-corrected chi connectivity index (χ1v) is 8.32. The fourth-order valence-electron chi connectivity index (χ4n) is 3.45. The number of carbonyl (C=O) groups is 2. The summed E-state index contributed by atoms with van der Waals surface area (Å²) in [4.78, 5) is 25.1. The average Bonchev–Trinajstić information content (AvgIpc) is 2.90. The smallest absolute Gasteiger partial charge is 0.317 e. The van der Waals surface area contributed by atoms with Crippen molar-refractivity contribution in [3.63, 3.8) is 0 Å². The molecule has 2 amide bonds. The summed E-state index contributed by atoms with van der Waals surface area (Å²) in [6.07, 6.45) is 1.34. The SMILES string of the molecule is CC1CC(C(=O)O)CN(C(=O)NCC(C)CC2(C)OCCO2)C1. The highest BCUT2D eigenvalue weighted by Crippen LogP contribution is 2.26. The van der Waals surface area contributed by atoms with Crippen LogP contribution < -0.4 is 5.32 Å². The number of carboxylic acid groups (broad SMARTS) is 1. The molecule has 0 aromatic rings. The maximum Gasteiger partial charge on any atom is 0.317 e. The highest BCUT2D eigenvalue weighted by Gasteiger charge is 2.34. The second kappa shape index (κ2) is 7.49. The largest absolute Gasteiger partial charge is 0.481 e. The van der Waals surface area contributed by atoms with Crippen LogP contribution in [-0.2, 0) is 14.3 Å². The zero-order chi connectivity index (χ0) is 17.0. The zero-order valence-corrected chi connectivity index (χ0v) is 14.2. The summed E-state index contributed by atoms with van der Waals surface area (Å²) in [5.41, 5.74) is 0. The molecular formula is C16H28N2O5. The summed E-state index contributed by atoms with van der Waals surface area (Å²) in [6, 6.07) is -0.187. The minimum Gasteiger partial charge on any atom is -0.481 e. The molecule has 0 aromatic carbocycles. The molecule has 2 rings (SSSR count). The van der Waals surface area contributed by atoms with Gasteiger partial charge in [0.25, 0.3) is 0 Å². The highest BCUT2D eigenvalue weighted by molar-refractivity contribution is 5.76. The molecule has 2 aliphatic heterocycles. The predicted molar refractivity (Wildman–Crippen MR) is 84.0 cm³/mol. The number of aliphatic carboxylic acids is 1. The Morgan fingerprint density at radius 1 is 1.35 bits per heavy atom. The number of nitrogens with zero attached hydrogens (tertiary/aromatic N) is 1. The van der Waals surface area contributed by atoms with Crippen LogP contribution in [0.4, 0.5) is 4.79 Å². The Kier molecular flexibility index (Phi) is 5.86. The number of nitrogens with one attached hydrogen (secondary N) is 1. The van der Waals surface area contributed by atoms with Crippen LogP contribution in [0.1, 0.15) is 33.6 Å². The molecule has 0 aliphatic carbocycles. The number of hydrogen-bond acceptors (Lipinski definition) is 4. The summed E-state index contributed by atoms with van der Waals surface area (Å²) < 4.78 is 11.2. The molecule has 7 heteroatoms. The summed E-state index contributed by atoms with van der Waals surface area (Å²) in [6.45, 7) is 8.56. The van der Waals surface area contributed by atoms with E-state index in [4.69, 9.17) is 9.47 Å². The number of amides is 2. The monoisotopic (exact) mass is 328 g/mol. The number of carbonyl (C=O) groups excluding carboxylic acids is 1. The Morgan fingerprint density at radius 2 is 2.00 bits per heavy atom. The minimum absolute atomic E-state index is 0.187. The van der Waals surface area contributed by atoms with Gasteiger partial charge in [0.15, 0.2) is 5.79 Å². The van der Waals surface area contributed by atoms with E-state index in [1.807, 2.05) is 20.8 Å². The lowest BCUT2D eigenvalue weighted by molar-refractivity contribution is -0.153. The van der Waals surface area contributed by atoms with Gasteiger partial charge in [0, 0.05) is 26.1 Å². The molecule has 2 N–H and O–H groups in total. The molecule has 0 radical (unpaired) electrons. The van der Waals surface area contributed by atoms with Gasteiger partial charge in [-0.25, -0.2) is 4.79 Å². The summed E-state index contributed by atoms with van der Waals surface area (Å²) in [5.74, 6) is -1.45. The number of piperidine rings is 1. The molecule has 0 bridgehead atoms. The Hall–Kier alpha value is -1.34. The van der Waals surface area contributed by atoms with Crippen molar-refractivity contribution >= 4 is 12.0 Å². The van der Waals surface area contributed by atoms with Crippen molar-refractivity contribution in [2.75, 3.05) is 32.8 Å². The van der Waals surface area contributed by atoms with Crippen LogP contribution in [0.25, 0.3) is 0 Å². The second-order valence-electron chi connectivity index (χ2n) is 7.11. The number of likely N-dealkylation sites (tertiary alicyclic amines) is 1. The normalized spacial score (nSPS) is 28.4. The molecule has 3 unspecified atom stereocenters. The highest BCUT2D eigenvalue weighted by atomic mass is 16.7. The van der Waals surface area contributed by atoms with E-state index in [1.165, 1.54) is 0 Å². The van der Waals surface area contributed by atoms with E-state index in [1.54, 1.807) is 4.90 Å². The van der Waals surface area contributed by atoms with Crippen LogP contribution >= 0.6 is 0 Å². The first-order chi connectivity index (χ1) is 10.8. The average molecular weight is 328 g/mol. The molecule has 23 heavy (non-hydrogen) atoms. The van der Waals surface area contributed by atoms with Gasteiger partial charge in [-0.05, 0) is 25.2 Å². The van der Waals surface area contributed by atoms with Gasteiger partial charge in [-0.2, -0.15) is 0 Å². The Morgan fingerprint density at radius 3 is 2.61 bits per heavy atom. The van der Waals surface area contributed by atoms with E-state index in [2.05, 4.69) is 5.32 Å². The predicted octanol–water partition coefficient (Wildman–Crippen LogP) is 1.53. The van der Waals surface area contributed by atoms with Gasteiger partial charge >= 0.3 is 12.0 Å². The lowest BCUT2D eigenvalue weighted by Crippen LogP contribution is -2.50. The van der Waals surface area contributed by atoms with Gasteiger partial charge in [0.05, 0.1) is 19.1 Å². The molecule has 0 spiro atoms. The van der Waals surface area contributed by atoms with E-state index in [0.717, 1.165) is 0 Å². The Balaban J connectivity index is 1.78. The zero-order valence-electron chi connectivity index (χ0n) is 14.2. The fourth-order valence-corrected chi connectivity index (χ4v) is 3.45. The van der Waals surface area contributed by atoms with Crippen LogP contribution in [0.15, 0.2) is 0 Å². The van der Waals surface area contributed by atoms with Crippen molar-refractivity contribution < 1.29 is 24.2 Å². The number of urea groups is 1. The first-order valence-electron chi connectivity index (χ1n) is 8.32. The first kappa shape index (κ1) is 18.0. The van der Waals surface area contributed by atoms with Gasteiger partial charge in [-0.15, -0.1) is 0 Å². The topological polar surface area (TPSA) is 88.1 Å². The van der Waals surface area contributed by atoms with E-state index >= 15 is 0 Å². The number of carboxylic acids is 1. The van der Waals surface area contributed by atoms with Crippen molar-refractivity contribution in [1.29, 1.82) is 0 Å². The molecule has 2 saturated heterocycles. The lowest BCUT2D eigenvalue weighted by atomic mass is 9.91. The van der Waals surface area contributed by atoms with Gasteiger partial charge in [0.2, 0.25) is 0 Å². The number of hydrogen-bond donors (Lipinski definition) is 2. The minimum atomic E-state index is -0.828. The molecule has 7 nitrogen and oxygen atoms in total. The maximum atomic E-state index is 12.3. The van der Waals surface area contributed by atoms with Crippen molar-refractivity contribution in [3.8, 4) is 0 Å². The maximum absolute atomic E-state index is 12.3. The van der Waals surface area contributed by atoms with Crippen LogP contribution in [0.3, 0.4) is 0 Å². The third-order valence-electron chi connectivity index (χ3n) is 4.52. The standard InChI is InChI=1S/C16H28N2O5/c1-11-6-13(14(19)20)10-18(9-11)15(21)17-8-12(2)7-16(3)22-4-5-23-16/h11-13H,4-10H2,1-3H3,(H,17,21)(H,19,20). The lowest BCUT2D eigenvalue weighted by Gasteiger charge is -2.35. The van der Waals surface area contributed by atoms with E-state index in [-0.39, 0.29) is 24.4 Å². The molecule has 132 valence electrons. The van der Waals surface area contributed by atoms with Crippen LogP contribution in [0.5, 0.6) is 0 Å². The van der Waals surface area contributed by atoms with E-state index in [9.17, 15) is 14.7 Å². The third-order valence-corrected chi connectivity index (χ3v) is 4.52. The third kappa shape index (κ3) is 5.07. The molecule has 0 saturated carbocycles. The van der Waals surface area contributed by atoms with Gasteiger partial charge < -0.3 is 24.8 Å². The quantitative estimate of drug-likeness (QED) is 0.799. The van der Waals surface area contributed by atoms with Crippen molar-refractivity contribution in [2.45, 2.75) is 39.4 Å². The molecule has 0 aromatic heterocycles. The van der Waals surface area contributed by atoms with Crippen molar-refractivity contribution in [3.05, 3.63) is 0 Å². The second-order valence-corrected chi connectivity index (χ2v) is 7.11. The number of rotatable bonds is 5. The number of ether oxygens (including phenoxy) is 2. The molecule has 3 atom stereocenters. The Bertz CT molecular complexity index is 436. The van der Waals surface area contributed by atoms with Gasteiger partial charge in [-0.3, -0.25) is 4.79 Å². The summed E-state index contributed by atoms with van der Waals surface area (Å²) in [5, 5.41) is 12.1.